The Hall–Kier alpha value is -2.46. The minimum Gasteiger partial charge on any atom is -0.267 e. The van der Waals surface area contributed by atoms with Crippen LogP contribution in [-0.2, 0) is 0 Å². The van der Waals surface area contributed by atoms with Crippen LogP contribution >= 0.6 is 11.3 Å². The standard InChI is InChI=1S/C17H12N2OS/c1-11-2-5-13(6-3-11)19-16(20)10-12-4-7-15-14(8-9-21-15)17(12)18-19/h2-10H,1H3. The molecule has 0 aliphatic carbocycles. The number of aromatic nitrogens is 2. The summed E-state index contributed by atoms with van der Waals surface area (Å²) in [5.74, 6) is 0. The molecule has 0 N–H and O–H groups in total. The second-order valence-corrected chi connectivity index (χ2v) is 6.01. The van der Waals surface area contributed by atoms with Gasteiger partial charge in [0.1, 0.15) is 5.52 Å². The van der Waals surface area contributed by atoms with Gasteiger partial charge in [0, 0.05) is 21.5 Å². The molecule has 0 atom stereocenters. The molecule has 2 aromatic carbocycles. The molecule has 3 nitrogen and oxygen atoms in total. The van der Waals surface area contributed by atoms with E-state index in [9.17, 15) is 4.79 Å². The van der Waals surface area contributed by atoms with Gasteiger partial charge in [-0.05, 0) is 36.6 Å². The van der Waals surface area contributed by atoms with Crippen LogP contribution in [0.15, 0.2) is 58.7 Å². The summed E-state index contributed by atoms with van der Waals surface area (Å²) in [5.41, 5.74) is 2.71. The zero-order chi connectivity index (χ0) is 14.4. The van der Waals surface area contributed by atoms with Gasteiger partial charge in [0.15, 0.2) is 0 Å². The van der Waals surface area contributed by atoms with Crippen molar-refractivity contribution in [1.29, 1.82) is 0 Å². The Morgan fingerprint density at radius 3 is 2.67 bits per heavy atom. The van der Waals surface area contributed by atoms with E-state index in [0.29, 0.717) is 0 Å². The maximum Gasteiger partial charge on any atom is 0.272 e. The summed E-state index contributed by atoms with van der Waals surface area (Å²) in [6.45, 7) is 2.02. The summed E-state index contributed by atoms with van der Waals surface area (Å²) < 4.78 is 2.66. The Bertz CT molecular complexity index is 1010. The average Bonchev–Trinajstić information content (AvgIpc) is 2.96. The predicted octanol–water partition coefficient (Wildman–Crippen LogP) is 3.91. The highest BCUT2D eigenvalue weighted by atomic mass is 32.1. The number of thiophene rings is 1. The van der Waals surface area contributed by atoms with Crippen LogP contribution in [-0.4, -0.2) is 9.78 Å². The minimum absolute atomic E-state index is 0.110. The van der Waals surface area contributed by atoms with Crippen LogP contribution in [0.2, 0.25) is 0 Å². The van der Waals surface area contributed by atoms with Crippen LogP contribution in [0.1, 0.15) is 5.56 Å². The SMILES string of the molecule is Cc1ccc(-n2nc3c(ccc4sccc43)cc2=O)cc1. The Kier molecular flexibility index (Phi) is 2.65. The molecule has 0 bridgehead atoms. The lowest BCUT2D eigenvalue weighted by molar-refractivity contribution is 0.833. The summed E-state index contributed by atoms with van der Waals surface area (Å²) in [6, 6.07) is 15.5. The zero-order valence-corrected chi connectivity index (χ0v) is 12.2. The maximum absolute atomic E-state index is 12.3. The summed E-state index contributed by atoms with van der Waals surface area (Å²) in [6.07, 6.45) is 0. The number of rotatable bonds is 1. The van der Waals surface area contributed by atoms with Gasteiger partial charge in [0.25, 0.3) is 5.56 Å². The largest absolute Gasteiger partial charge is 0.272 e. The molecule has 2 aromatic heterocycles. The van der Waals surface area contributed by atoms with Crippen molar-refractivity contribution < 1.29 is 0 Å². The molecular weight excluding hydrogens is 280 g/mol. The van der Waals surface area contributed by atoms with E-state index in [2.05, 4.69) is 11.2 Å². The van der Waals surface area contributed by atoms with Crippen molar-refractivity contribution in [1.82, 2.24) is 9.78 Å². The molecule has 0 unspecified atom stereocenters. The molecule has 102 valence electrons. The lowest BCUT2D eigenvalue weighted by atomic mass is 10.1. The van der Waals surface area contributed by atoms with Gasteiger partial charge in [-0.1, -0.05) is 23.8 Å². The molecule has 4 heteroatoms. The molecule has 4 rings (SSSR count). The fraction of sp³-hybridized carbons (Fsp3) is 0.0588. The molecule has 4 aromatic rings. The number of hydrogen-bond donors (Lipinski definition) is 0. The van der Waals surface area contributed by atoms with Crippen molar-refractivity contribution in [3.05, 3.63) is 69.8 Å². The smallest absolute Gasteiger partial charge is 0.267 e. The first-order valence-corrected chi connectivity index (χ1v) is 7.58. The van der Waals surface area contributed by atoms with Gasteiger partial charge in [-0.2, -0.15) is 9.78 Å². The Morgan fingerprint density at radius 1 is 1.05 bits per heavy atom. The third-order valence-corrected chi connectivity index (χ3v) is 4.49. The second kappa shape index (κ2) is 4.53. The lowest BCUT2D eigenvalue weighted by Gasteiger charge is -2.07. The van der Waals surface area contributed by atoms with Crippen molar-refractivity contribution in [2.75, 3.05) is 0 Å². The van der Waals surface area contributed by atoms with E-state index >= 15 is 0 Å². The molecule has 0 fully saturated rings. The summed E-state index contributed by atoms with van der Waals surface area (Å²) in [5, 5.41) is 8.61. The number of nitrogens with zero attached hydrogens (tertiary/aromatic N) is 2. The molecule has 0 aliphatic heterocycles. The predicted molar refractivity (Wildman–Crippen MR) is 87.5 cm³/mol. The van der Waals surface area contributed by atoms with Gasteiger partial charge in [0.05, 0.1) is 5.69 Å². The summed E-state index contributed by atoms with van der Waals surface area (Å²) in [4.78, 5) is 12.3. The summed E-state index contributed by atoms with van der Waals surface area (Å²) in [7, 11) is 0. The van der Waals surface area contributed by atoms with Gasteiger partial charge >= 0.3 is 0 Å². The quantitative estimate of drug-likeness (QED) is 0.533. The molecule has 0 amide bonds. The number of fused-ring (bicyclic) bond motifs is 3. The highest BCUT2D eigenvalue weighted by Crippen LogP contribution is 2.27. The number of benzene rings is 2. The molecular formula is C17H12N2OS. The minimum atomic E-state index is -0.110. The van der Waals surface area contributed by atoms with Crippen LogP contribution in [0, 0.1) is 6.92 Å². The first-order valence-electron chi connectivity index (χ1n) is 6.70. The second-order valence-electron chi connectivity index (χ2n) is 5.07. The third kappa shape index (κ3) is 1.96. The molecule has 2 heterocycles. The van der Waals surface area contributed by atoms with Crippen LogP contribution in [0.4, 0.5) is 0 Å². The van der Waals surface area contributed by atoms with Crippen LogP contribution in [0.3, 0.4) is 0 Å². The van der Waals surface area contributed by atoms with Gasteiger partial charge in [0.2, 0.25) is 0 Å². The fourth-order valence-corrected chi connectivity index (χ4v) is 3.28. The van der Waals surface area contributed by atoms with Crippen molar-refractivity contribution in [2.45, 2.75) is 6.92 Å². The third-order valence-electron chi connectivity index (χ3n) is 3.60. The number of hydrogen-bond acceptors (Lipinski definition) is 3. The number of aryl methyl sites for hydroxylation is 1. The zero-order valence-electron chi connectivity index (χ0n) is 11.4. The van der Waals surface area contributed by atoms with E-state index < -0.39 is 0 Å². The van der Waals surface area contributed by atoms with E-state index in [1.807, 2.05) is 48.7 Å². The van der Waals surface area contributed by atoms with Gasteiger partial charge < -0.3 is 0 Å². The van der Waals surface area contributed by atoms with Crippen molar-refractivity contribution in [2.24, 2.45) is 0 Å². The molecule has 0 saturated heterocycles. The van der Waals surface area contributed by atoms with Crippen LogP contribution in [0.25, 0.3) is 26.7 Å². The molecule has 0 aliphatic rings. The van der Waals surface area contributed by atoms with Crippen molar-refractivity contribution >= 4 is 32.3 Å². The maximum atomic E-state index is 12.3. The van der Waals surface area contributed by atoms with E-state index in [-0.39, 0.29) is 5.56 Å². The molecule has 21 heavy (non-hydrogen) atoms. The van der Waals surface area contributed by atoms with E-state index in [0.717, 1.165) is 27.5 Å². The van der Waals surface area contributed by atoms with Crippen molar-refractivity contribution in [3.63, 3.8) is 0 Å². The first kappa shape index (κ1) is 12.3. The molecule has 0 saturated carbocycles. The average molecular weight is 292 g/mol. The first-order chi connectivity index (χ1) is 10.2. The van der Waals surface area contributed by atoms with Gasteiger partial charge in [-0.3, -0.25) is 4.79 Å². The highest BCUT2D eigenvalue weighted by Gasteiger charge is 2.08. The summed E-state index contributed by atoms with van der Waals surface area (Å²) >= 11 is 1.68. The van der Waals surface area contributed by atoms with Gasteiger partial charge in [-0.25, -0.2) is 0 Å². The topological polar surface area (TPSA) is 34.9 Å². The molecule has 0 spiro atoms. The van der Waals surface area contributed by atoms with E-state index in [1.54, 1.807) is 17.4 Å². The van der Waals surface area contributed by atoms with E-state index in [1.165, 1.54) is 9.38 Å². The van der Waals surface area contributed by atoms with Crippen LogP contribution < -0.4 is 5.56 Å². The highest BCUT2D eigenvalue weighted by molar-refractivity contribution is 7.17. The molecule has 0 radical (unpaired) electrons. The van der Waals surface area contributed by atoms with Crippen molar-refractivity contribution in [3.8, 4) is 5.69 Å². The normalized spacial score (nSPS) is 11.3. The van der Waals surface area contributed by atoms with Crippen LogP contribution in [0.5, 0.6) is 0 Å². The lowest BCUT2D eigenvalue weighted by Crippen LogP contribution is -2.20. The monoisotopic (exact) mass is 292 g/mol. The fourth-order valence-electron chi connectivity index (χ4n) is 2.49. The van der Waals surface area contributed by atoms with E-state index in [4.69, 9.17) is 0 Å². The Morgan fingerprint density at radius 2 is 1.86 bits per heavy atom. The van der Waals surface area contributed by atoms with Gasteiger partial charge in [-0.15, -0.1) is 11.3 Å². The Balaban J connectivity index is 2.07. The Labute approximate surface area is 125 Å².